The number of thioether (sulfide) groups is 1. The number of hydrogen-bond donors (Lipinski definition) is 0. The predicted molar refractivity (Wildman–Crippen MR) is 101 cm³/mol. The number of anilines is 2. The highest BCUT2D eigenvalue weighted by Gasteiger charge is 2.27. The van der Waals surface area contributed by atoms with Crippen LogP contribution in [0.15, 0.2) is 93.5 Å². The maximum atomic E-state index is 13.0. The Labute approximate surface area is 149 Å². The van der Waals surface area contributed by atoms with Crippen LogP contribution >= 0.6 is 23.5 Å². The van der Waals surface area contributed by atoms with E-state index in [4.69, 9.17) is 0 Å². The molecule has 3 aromatic carbocycles. The van der Waals surface area contributed by atoms with E-state index in [2.05, 4.69) is 12.1 Å². The molecule has 24 heavy (non-hydrogen) atoms. The molecular weight excluding hydrogens is 334 g/mol. The number of rotatable bonds is 3. The standard InChI is InChI=1S/C20H15NOS2/c22-20(14-23-15-8-2-1-3-9-15)21-16-10-4-6-12-18(16)24-19-13-7-5-11-17(19)21/h1-13H,14H2. The van der Waals surface area contributed by atoms with Crippen LogP contribution in [0, 0.1) is 0 Å². The maximum Gasteiger partial charge on any atom is 0.241 e. The number of para-hydroxylation sites is 2. The molecule has 1 heterocycles. The number of carbonyl (C=O) groups is 1. The number of fused-ring (bicyclic) bond motifs is 2. The molecule has 1 amide bonds. The van der Waals surface area contributed by atoms with Crippen molar-refractivity contribution in [1.82, 2.24) is 0 Å². The van der Waals surface area contributed by atoms with E-state index in [1.54, 1.807) is 23.5 Å². The molecule has 1 aliphatic heterocycles. The molecule has 0 spiro atoms. The summed E-state index contributed by atoms with van der Waals surface area (Å²) in [5.41, 5.74) is 1.94. The molecule has 0 saturated heterocycles. The summed E-state index contributed by atoms with van der Waals surface area (Å²) < 4.78 is 0. The molecule has 1 aliphatic rings. The Balaban J connectivity index is 1.65. The predicted octanol–water partition coefficient (Wildman–Crippen LogP) is 5.61. The maximum absolute atomic E-state index is 13.0. The van der Waals surface area contributed by atoms with Crippen LogP contribution in [0.25, 0.3) is 0 Å². The van der Waals surface area contributed by atoms with Crippen LogP contribution in [0.2, 0.25) is 0 Å². The first-order chi connectivity index (χ1) is 11.8. The highest BCUT2D eigenvalue weighted by atomic mass is 32.2. The quantitative estimate of drug-likeness (QED) is 0.573. The molecule has 0 aliphatic carbocycles. The Kier molecular flexibility index (Phi) is 4.32. The lowest BCUT2D eigenvalue weighted by molar-refractivity contribution is -0.115. The minimum absolute atomic E-state index is 0.101. The fraction of sp³-hybridized carbons (Fsp3) is 0.0500. The zero-order valence-corrected chi connectivity index (χ0v) is 14.5. The van der Waals surface area contributed by atoms with Crippen molar-refractivity contribution in [2.75, 3.05) is 10.7 Å². The van der Waals surface area contributed by atoms with Crippen molar-refractivity contribution in [3.05, 3.63) is 78.9 Å². The average molecular weight is 349 g/mol. The third-order valence-electron chi connectivity index (χ3n) is 3.79. The highest BCUT2D eigenvalue weighted by molar-refractivity contribution is 8.00. The van der Waals surface area contributed by atoms with Crippen molar-refractivity contribution in [2.24, 2.45) is 0 Å². The van der Waals surface area contributed by atoms with E-state index in [0.29, 0.717) is 5.75 Å². The fourth-order valence-corrected chi connectivity index (χ4v) is 4.53. The van der Waals surface area contributed by atoms with Crippen molar-refractivity contribution in [1.29, 1.82) is 0 Å². The number of amides is 1. The van der Waals surface area contributed by atoms with Crippen molar-refractivity contribution in [2.45, 2.75) is 14.7 Å². The van der Waals surface area contributed by atoms with Gasteiger partial charge in [-0.3, -0.25) is 9.69 Å². The van der Waals surface area contributed by atoms with E-state index in [-0.39, 0.29) is 5.91 Å². The summed E-state index contributed by atoms with van der Waals surface area (Å²) in [6, 6.07) is 26.2. The first-order valence-corrected chi connectivity index (χ1v) is 9.50. The van der Waals surface area contributed by atoms with E-state index in [0.717, 1.165) is 26.1 Å². The van der Waals surface area contributed by atoms with E-state index in [9.17, 15) is 4.79 Å². The molecule has 0 fully saturated rings. The first kappa shape index (κ1) is 15.4. The van der Waals surface area contributed by atoms with Gasteiger partial charge in [0.15, 0.2) is 0 Å². The normalized spacial score (nSPS) is 12.4. The summed E-state index contributed by atoms with van der Waals surface area (Å²) in [5, 5.41) is 0. The topological polar surface area (TPSA) is 20.3 Å². The van der Waals surface area contributed by atoms with Crippen LogP contribution < -0.4 is 4.90 Å². The second-order valence-corrected chi connectivity index (χ2v) is 7.50. The van der Waals surface area contributed by atoms with Crippen molar-refractivity contribution >= 4 is 40.8 Å². The molecule has 3 aromatic rings. The van der Waals surface area contributed by atoms with Crippen LogP contribution in [-0.4, -0.2) is 11.7 Å². The average Bonchev–Trinajstić information content (AvgIpc) is 2.65. The molecule has 4 rings (SSSR count). The van der Waals surface area contributed by atoms with Gasteiger partial charge in [-0.05, 0) is 36.4 Å². The molecule has 0 N–H and O–H groups in total. The smallest absolute Gasteiger partial charge is 0.241 e. The molecule has 118 valence electrons. The van der Waals surface area contributed by atoms with Gasteiger partial charge in [0, 0.05) is 14.7 Å². The van der Waals surface area contributed by atoms with Gasteiger partial charge >= 0.3 is 0 Å². The summed E-state index contributed by atoms with van der Waals surface area (Å²) in [6.45, 7) is 0. The molecule has 0 aromatic heterocycles. The van der Waals surface area contributed by atoms with E-state index < -0.39 is 0 Å². The molecular formula is C20H15NOS2. The fourth-order valence-electron chi connectivity index (χ4n) is 2.70. The molecule has 0 bridgehead atoms. The van der Waals surface area contributed by atoms with E-state index in [1.165, 1.54) is 0 Å². The van der Waals surface area contributed by atoms with Gasteiger partial charge in [0.2, 0.25) is 5.91 Å². The van der Waals surface area contributed by atoms with Crippen LogP contribution in [0.3, 0.4) is 0 Å². The van der Waals surface area contributed by atoms with Gasteiger partial charge < -0.3 is 0 Å². The van der Waals surface area contributed by atoms with E-state index >= 15 is 0 Å². The third-order valence-corrected chi connectivity index (χ3v) is 5.91. The largest absolute Gasteiger partial charge is 0.278 e. The zero-order chi connectivity index (χ0) is 16.4. The second-order valence-electron chi connectivity index (χ2n) is 5.37. The van der Waals surface area contributed by atoms with Gasteiger partial charge in [-0.15, -0.1) is 11.8 Å². The van der Waals surface area contributed by atoms with Gasteiger partial charge in [-0.1, -0.05) is 54.2 Å². The van der Waals surface area contributed by atoms with Crippen LogP contribution in [-0.2, 0) is 4.79 Å². The number of benzene rings is 3. The van der Waals surface area contributed by atoms with Gasteiger partial charge in [0.05, 0.1) is 17.1 Å². The summed E-state index contributed by atoms with van der Waals surface area (Å²) >= 11 is 3.29. The number of hydrogen-bond acceptors (Lipinski definition) is 3. The summed E-state index contributed by atoms with van der Waals surface area (Å²) in [4.78, 5) is 18.2. The van der Waals surface area contributed by atoms with Gasteiger partial charge in [-0.25, -0.2) is 0 Å². The number of nitrogens with zero attached hydrogens (tertiary/aromatic N) is 1. The molecule has 0 atom stereocenters. The molecule has 0 radical (unpaired) electrons. The molecule has 0 unspecified atom stereocenters. The minimum atomic E-state index is 0.101. The summed E-state index contributed by atoms with van der Waals surface area (Å²) in [6.07, 6.45) is 0. The minimum Gasteiger partial charge on any atom is -0.278 e. The summed E-state index contributed by atoms with van der Waals surface area (Å²) in [7, 11) is 0. The Bertz CT molecular complexity index is 834. The first-order valence-electron chi connectivity index (χ1n) is 7.69. The molecule has 2 nitrogen and oxygen atoms in total. The molecule has 0 saturated carbocycles. The SMILES string of the molecule is O=C(CSc1ccccc1)N1c2ccccc2Sc2ccccc21. The Morgan fingerprint density at radius 1 is 0.792 bits per heavy atom. The number of carbonyl (C=O) groups excluding carboxylic acids is 1. The van der Waals surface area contributed by atoms with Gasteiger partial charge in [0.25, 0.3) is 0 Å². The zero-order valence-electron chi connectivity index (χ0n) is 12.9. The van der Waals surface area contributed by atoms with E-state index in [1.807, 2.05) is 71.6 Å². The summed E-state index contributed by atoms with van der Waals surface area (Å²) in [5.74, 6) is 0.515. The second kappa shape index (κ2) is 6.75. The third kappa shape index (κ3) is 2.95. The molecule has 4 heteroatoms. The Morgan fingerprint density at radius 2 is 1.33 bits per heavy atom. The van der Waals surface area contributed by atoms with Crippen molar-refractivity contribution in [3.8, 4) is 0 Å². The lowest BCUT2D eigenvalue weighted by atomic mass is 10.2. The Morgan fingerprint density at radius 3 is 1.96 bits per heavy atom. The highest BCUT2D eigenvalue weighted by Crippen LogP contribution is 2.48. The van der Waals surface area contributed by atoms with Crippen LogP contribution in [0.5, 0.6) is 0 Å². The van der Waals surface area contributed by atoms with Crippen molar-refractivity contribution < 1.29 is 4.79 Å². The van der Waals surface area contributed by atoms with Crippen molar-refractivity contribution in [3.63, 3.8) is 0 Å². The lowest BCUT2D eigenvalue weighted by Crippen LogP contribution is -2.29. The monoisotopic (exact) mass is 349 g/mol. The van der Waals surface area contributed by atoms with Gasteiger partial charge in [-0.2, -0.15) is 0 Å². The van der Waals surface area contributed by atoms with Gasteiger partial charge in [0.1, 0.15) is 0 Å². The lowest BCUT2D eigenvalue weighted by Gasteiger charge is -2.31. The van der Waals surface area contributed by atoms with Crippen LogP contribution in [0.4, 0.5) is 11.4 Å². The Hall–Kier alpha value is -2.17. The van der Waals surface area contributed by atoms with Crippen LogP contribution in [0.1, 0.15) is 0 Å².